The molecule has 1 aromatic rings. The molecule has 0 unspecified atom stereocenters. The number of carbonyl (C=O) groups excluding carboxylic acids is 1. The fourth-order valence-corrected chi connectivity index (χ4v) is 3.11. The van der Waals surface area contributed by atoms with E-state index >= 15 is 0 Å². The van der Waals surface area contributed by atoms with E-state index in [0.29, 0.717) is 6.42 Å². The van der Waals surface area contributed by atoms with E-state index in [9.17, 15) is 9.90 Å². The Bertz CT molecular complexity index is 513. The van der Waals surface area contributed by atoms with Gasteiger partial charge in [-0.1, -0.05) is 19.1 Å². The fourth-order valence-electron chi connectivity index (χ4n) is 3.11. The van der Waals surface area contributed by atoms with Gasteiger partial charge in [-0.15, -0.1) is 0 Å². The Balaban J connectivity index is 1.96. The standard InChI is InChI=1S/C18H27NO3/c1-4-18(13-20)7-9-19(10-8-18)17(21)12-15-6-5-14(2)16(11-15)22-3/h5-6,11,20H,4,7-10,12-13H2,1-3H3. The molecular weight excluding hydrogens is 278 g/mol. The molecule has 22 heavy (non-hydrogen) atoms. The summed E-state index contributed by atoms with van der Waals surface area (Å²) in [6.07, 6.45) is 3.17. The number of rotatable bonds is 5. The van der Waals surface area contributed by atoms with Crippen molar-refractivity contribution in [1.29, 1.82) is 0 Å². The number of carbonyl (C=O) groups is 1. The van der Waals surface area contributed by atoms with Crippen LogP contribution in [0.25, 0.3) is 0 Å². The van der Waals surface area contributed by atoms with Crippen molar-refractivity contribution in [3.8, 4) is 5.75 Å². The molecule has 0 bridgehead atoms. The lowest BCUT2D eigenvalue weighted by molar-refractivity contribution is -0.133. The van der Waals surface area contributed by atoms with Crippen LogP contribution in [0.1, 0.15) is 37.3 Å². The van der Waals surface area contributed by atoms with E-state index in [2.05, 4.69) is 6.92 Å². The average Bonchev–Trinajstić information content (AvgIpc) is 2.56. The highest BCUT2D eigenvalue weighted by Gasteiger charge is 2.33. The van der Waals surface area contributed by atoms with Gasteiger partial charge < -0.3 is 14.7 Å². The zero-order chi connectivity index (χ0) is 16.2. The number of aliphatic hydroxyl groups excluding tert-OH is 1. The molecule has 1 aromatic carbocycles. The summed E-state index contributed by atoms with van der Waals surface area (Å²) in [7, 11) is 1.65. The summed E-state index contributed by atoms with van der Waals surface area (Å²) in [5.74, 6) is 0.989. The van der Waals surface area contributed by atoms with E-state index in [-0.39, 0.29) is 17.9 Å². The van der Waals surface area contributed by atoms with E-state index in [1.165, 1.54) is 0 Å². The first kappa shape index (κ1) is 16.8. The average molecular weight is 305 g/mol. The fraction of sp³-hybridized carbons (Fsp3) is 0.611. The number of piperidine rings is 1. The molecule has 1 heterocycles. The molecule has 2 rings (SSSR count). The van der Waals surface area contributed by atoms with Crippen molar-refractivity contribution in [1.82, 2.24) is 4.90 Å². The number of aryl methyl sites for hydroxylation is 1. The van der Waals surface area contributed by atoms with Gasteiger partial charge in [0.15, 0.2) is 0 Å². The molecule has 1 aliphatic rings. The van der Waals surface area contributed by atoms with Crippen molar-refractivity contribution in [2.75, 3.05) is 26.8 Å². The Labute approximate surface area is 133 Å². The highest BCUT2D eigenvalue weighted by Crippen LogP contribution is 2.34. The molecule has 0 spiro atoms. The molecule has 0 aliphatic carbocycles. The molecule has 0 radical (unpaired) electrons. The minimum Gasteiger partial charge on any atom is -0.496 e. The molecule has 0 saturated carbocycles. The second-order valence-electron chi connectivity index (χ2n) is 6.37. The smallest absolute Gasteiger partial charge is 0.226 e. The van der Waals surface area contributed by atoms with Gasteiger partial charge in [0.2, 0.25) is 5.91 Å². The van der Waals surface area contributed by atoms with Crippen LogP contribution in [-0.4, -0.2) is 42.7 Å². The third kappa shape index (κ3) is 3.61. The van der Waals surface area contributed by atoms with Gasteiger partial charge in [0.1, 0.15) is 5.75 Å². The van der Waals surface area contributed by atoms with Gasteiger partial charge >= 0.3 is 0 Å². The highest BCUT2D eigenvalue weighted by molar-refractivity contribution is 5.79. The molecule has 1 aliphatic heterocycles. The first-order valence-corrected chi connectivity index (χ1v) is 8.06. The van der Waals surface area contributed by atoms with Gasteiger partial charge in [0.05, 0.1) is 13.5 Å². The molecule has 0 atom stereocenters. The molecule has 4 heteroatoms. The Morgan fingerprint density at radius 2 is 2.05 bits per heavy atom. The van der Waals surface area contributed by atoms with Crippen LogP contribution in [-0.2, 0) is 11.2 Å². The normalized spacial score (nSPS) is 17.4. The summed E-state index contributed by atoms with van der Waals surface area (Å²) in [5.41, 5.74) is 2.08. The zero-order valence-corrected chi connectivity index (χ0v) is 13.9. The predicted molar refractivity (Wildman–Crippen MR) is 87.1 cm³/mol. The maximum Gasteiger partial charge on any atom is 0.226 e. The van der Waals surface area contributed by atoms with Crippen molar-refractivity contribution < 1.29 is 14.6 Å². The van der Waals surface area contributed by atoms with E-state index in [4.69, 9.17) is 4.74 Å². The summed E-state index contributed by atoms with van der Waals surface area (Å²) in [4.78, 5) is 14.4. The summed E-state index contributed by atoms with van der Waals surface area (Å²) < 4.78 is 5.32. The van der Waals surface area contributed by atoms with Crippen LogP contribution in [0.2, 0.25) is 0 Å². The Morgan fingerprint density at radius 1 is 1.36 bits per heavy atom. The van der Waals surface area contributed by atoms with Crippen molar-refractivity contribution in [2.24, 2.45) is 5.41 Å². The van der Waals surface area contributed by atoms with Crippen LogP contribution in [0.3, 0.4) is 0 Å². The lowest BCUT2D eigenvalue weighted by Crippen LogP contribution is -2.45. The van der Waals surface area contributed by atoms with Crippen LogP contribution >= 0.6 is 0 Å². The quantitative estimate of drug-likeness (QED) is 0.909. The molecule has 1 amide bonds. The van der Waals surface area contributed by atoms with Gasteiger partial charge in [-0.05, 0) is 48.8 Å². The van der Waals surface area contributed by atoms with Crippen molar-refractivity contribution >= 4 is 5.91 Å². The van der Waals surface area contributed by atoms with Gasteiger partial charge in [-0.2, -0.15) is 0 Å². The number of aliphatic hydroxyl groups is 1. The van der Waals surface area contributed by atoms with Gasteiger partial charge in [-0.3, -0.25) is 4.79 Å². The van der Waals surface area contributed by atoms with Crippen molar-refractivity contribution in [3.05, 3.63) is 29.3 Å². The number of hydrogen-bond donors (Lipinski definition) is 1. The molecule has 4 nitrogen and oxygen atoms in total. The molecule has 1 fully saturated rings. The minimum atomic E-state index is 0.0177. The van der Waals surface area contributed by atoms with Gasteiger partial charge in [0.25, 0.3) is 0 Å². The minimum absolute atomic E-state index is 0.0177. The number of ether oxygens (including phenoxy) is 1. The Kier molecular flexibility index (Phi) is 5.46. The first-order valence-electron chi connectivity index (χ1n) is 8.06. The van der Waals surface area contributed by atoms with Crippen LogP contribution in [0.4, 0.5) is 0 Å². The third-order valence-electron chi connectivity index (χ3n) is 5.09. The lowest BCUT2D eigenvalue weighted by atomic mass is 9.77. The number of nitrogens with zero attached hydrogens (tertiary/aromatic N) is 1. The van der Waals surface area contributed by atoms with E-state index in [1.54, 1.807) is 7.11 Å². The highest BCUT2D eigenvalue weighted by atomic mass is 16.5. The van der Waals surface area contributed by atoms with E-state index in [0.717, 1.165) is 49.2 Å². The second kappa shape index (κ2) is 7.14. The number of likely N-dealkylation sites (tertiary alicyclic amines) is 1. The summed E-state index contributed by atoms with van der Waals surface area (Å²) in [5, 5.41) is 9.57. The first-order chi connectivity index (χ1) is 10.5. The van der Waals surface area contributed by atoms with E-state index in [1.807, 2.05) is 30.0 Å². The summed E-state index contributed by atoms with van der Waals surface area (Å²) >= 11 is 0. The second-order valence-corrected chi connectivity index (χ2v) is 6.37. The van der Waals surface area contributed by atoms with Crippen molar-refractivity contribution in [3.63, 3.8) is 0 Å². The largest absolute Gasteiger partial charge is 0.496 e. The van der Waals surface area contributed by atoms with Crippen molar-refractivity contribution in [2.45, 2.75) is 39.5 Å². The Morgan fingerprint density at radius 3 is 2.59 bits per heavy atom. The van der Waals surface area contributed by atoms with Crippen LogP contribution < -0.4 is 4.74 Å². The number of amides is 1. The molecule has 122 valence electrons. The summed E-state index contributed by atoms with van der Waals surface area (Å²) in [6.45, 7) is 5.83. The Hall–Kier alpha value is -1.55. The van der Waals surface area contributed by atoms with Crippen LogP contribution in [0.5, 0.6) is 5.75 Å². The maximum atomic E-state index is 12.5. The lowest BCUT2D eigenvalue weighted by Gasteiger charge is -2.40. The number of methoxy groups -OCH3 is 1. The molecule has 0 aromatic heterocycles. The van der Waals surface area contributed by atoms with E-state index < -0.39 is 0 Å². The van der Waals surface area contributed by atoms with Crippen LogP contribution in [0, 0.1) is 12.3 Å². The van der Waals surface area contributed by atoms with Gasteiger partial charge in [-0.25, -0.2) is 0 Å². The number of hydrogen-bond acceptors (Lipinski definition) is 3. The number of benzene rings is 1. The summed E-state index contributed by atoms with van der Waals surface area (Å²) in [6, 6.07) is 5.93. The van der Waals surface area contributed by atoms with Crippen LogP contribution in [0.15, 0.2) is 18.2 Å². The monoisotopic (exact) mass is 305 g/mol. The molecule has 1 N–H and O–H groups in total. The zero-order valence-electron chi connectivity index (χ0n) is 13.9. The van der Waals surface area contributed by atoms with Gasteiger partial charge in [0, 0.05) is 19.7 Å². The third-order valence-corrected chi connectivity index (χ3v) is 5.09. The maximum absolute atomic E-state index is 12.5. The molecule has 1 saturated heterocycles. The molecular formula is C18H27NO3. The predicted octanol–water partition coefficient (Wildman–Crippen LogP) is 2.56. The SMILES string of the molecule is CCC1(CO)CCN(C(=O)Cc2ccc(C)c(OC)c2)CC1. The topological polar surface area (TPSA) is 49.8 Å².